The van der Waals surface area contributed by atoms with E-state index in [1.165, 1.54) is 5.56 Å². The van der Waals surface area contributed by atoms with Crippen LogP contribution < -0.4 is 9.47 Å². The number of halogens is 3. The van der Waals surface area contributed by atoms with Crippen molar-refractivity contribution < 1.29 is 42.1 Å². The molecule has 4 rings (SSSR count). The molecule has 8 nitrogen and oxygen atoms in total. The molecule has 0 bridgehead atoms. The van der Waals surface area contributed by atoms with Crippen LogP contribution in [0.1, 0.15) is 12.5 Å². The Balaban J connectivity index is 0.000000298. The van der Waals surface area contributed by atoms with E-state index < -0.39 is 12.1 Å². The molecule has 11 heteroatoms. The molecule has 1 aromatic rings. The summed E-state index contributed by atoms with van der Waals surface area (Å²) in [6, 6.07) is 6.24. The highest BCUT2D eigenvalue weighted by atomic mass is 19.4. The first-order valence-electron chi connectivity index (χ1n) is 9.01. The van der Waals surface area contributed by atoms with Crippen LogP contribution in [0, 0.1) is 0 Å². The van der Waals surface area contributed by atoms with Gasteiger partial charge in [0, 0.05) is 26.2 Å². The lowest BCUT2D eigenvalue weighted by molar-refractivity contribution is -0.192. The van der Waals surface area contributed by atoms with Crippen molar-refractivity contribution in [2.45, 2.75) is 31.8 Å². The minimum Gasteiger partial charge on any atom is -0.475 e. The molecule has 1 amide bonds. The number of hydrogen-bond acceptors (Lipinski definition) is 6. The second-order valence-electron chi connectivity index (χ2n) is 6.78. The predicted molar refractivity (Wildman–Crippen MR) is 92.4 cm³/mol. The Labute approximate surface area is 164 Å². The third-order valence-electron chi connectivity index (χ3n) is 4.88. The van der Waals surface area contributed by atoms with Crippen LogP contribution in [0.2, 0.25) is 0 Å². The minimum atomic E-state index is -5.08. The number of nitrogens with zero attached hydrogens (tertiary/aromatic N) is 2. The lowest BCUT2D eigenvalue weighted by Gasteiger charge is -2.35. The van der Waals surface area contributed by atoms with Gasteiger partial charge in [0.2, 0.25) is 12.7 Å². The molecular formula is C18H21F3N2O6. The third-order valence-corrected chi connectivity index (χ3v) is 4.88. The number of likely N-dealkylation sites (N-methyl/N-ethyl adjacent to an activating group) is 1. The molecule has 3 aliphatic rings. The average Bonchev–Trinajstić information content (AvgIpc) is 3.27. The van der Waals surface area contributed by atoms with E-state index in [1.54, 1.807) is 0 Å². The van der Waals surface area contributed by atoms with Gasteiger partial charge in [-0.15, -0.1) is 0 Å². The number of carboxylic acids is 1. The molecule has 0 radical (unpaired) electrons. The molecule has 29 heavy (non-hydrogen) atoms. The quantitative estimate of drug-likeness (QED) is 0.796. The highest BCUT2D eigenvalue weighted by molar-refractivity contribution is 5.78. The number of carbonyl (C=O) groups is 2. The summed E-state index contributed by atoms with van der Waals surface area (Å²) in [6.07, 6.45) is -4.95. The van der Waals surface area contributed by atoms with Crippen LogP contribution >= 0.6 is 0 Å². The van der Waals surface area contributed by atoms with Gasteiger partial charge >= 0.3 is 12.1 Å². The van der Waals surface area contributed by atoms with Gasteiger partial charge in [-0.25, -0.2) is 4.79 Å². The molecule has 0 saturated carbocycles. The number of amides is 1. The molecule has 0 aromatic heterocycles. The van der Waals surface area contributed by atoms with E-state index >= 15 is 0 Å². The lowest BCUT2D eigenvalue weighted by Crippen LogP contribution is -2.53. The Hall–Kier alpha value is -2.53. The van der Waals surface area contributed by atoms with E-state index in [0.29, 0.717) is 6.79 Å². The predicted octanol–water partition coefficient (Wildman–Crippen LogP) is 1.48. The highest BCUT2D eigenvalue weighted by Gasteiger charge is 2.42. The second kappa shape index (κ2) is 8.46. The standard InChI is InChI=1S/C16H20N2O4.C2HF3O2/c1-2-18-12-7-17(8-15(12)20-9-16(18)19)6-11-3-4-13-14(5-11)22-10-21-13;3-2(4,5)1(6)7/h3-5,12,15H,2,6-10H2,1H3;(H,6,7). The summed E-state index contributed by atoms with van der Waals surface area (Å²) in [7, 11) is 0. The molecule has 0 spiro atoms. The van der Waals surface area contributed by atoms with Crippen molar-refractivity contribution in [1.29, 1.82) is 0 Å². The molecule has 3 heterocycles. The van der Waals surface area contributed by atoms with Gasteiger partial charge in [0.1, 0.15) is 6.61 Å². The fourth-order valence-corrected chi connectivity index (χ4v) is 3.58. The smallest absolute Gasteiger partial charge is 0.475 e. The topological polar surface area (TPSA) is 88.5 Å². The molecule has 2 unspecified atom stereocenters. The lowest BCUT2D eigenvalue weighted by atomic mass is 10.1. The van der Waals surface area contributed by atoms with E-state index in [-0.39, 0.29) is 24.7 Å². The summed E-state index contributed by atoms with van der Waals surface area (Å²) in [5.74, 6) is -1.03. The number of benzene rings is 1. The number of rotatable bonds is 3. The van der Waals surface area contributed by atoms with Gasteiger partial charge < -0.3 is 24.2 Å². The fourth-order valence-electron chi connectivity index (χ4n) is 3.58. The van der Waals surface area contributed by atoms with E-state index in [2.05, 4.69) is 11.0 Å². The maximum Gasteiger partial charge on any atom is 0.490 e. The fraction of sp³-hybridized carbons (Fsp3) is 0.556. The summed E-state index contributed by atoms with van der Waals surface area (Å²) in [5.41, 5.74) is 1.19. The molecular weight excluding hydrogens is 397 g/mol. The number of ether oxygens (including phenoxy) is 3. The number of hydrogen-bond donors (Lipinski definition) is 1. The number of fused-ring (bicyclic) bond motifs is 2. The number of carbonyl (C=O) groups excluding carboxylic acids is 1. The molecule has 1 N–H and O–H groups in total. The van der Waals surface area contributed by atoms with Crippen LogP contribution in [0.15, 0.2) is 18.2 Å². The van der Waals surface area contributed by atoms with Gasteiger partial charge in [-0.2, -0.15) is 13.2 Å². The minimum absolute atomic E-state index is 0.105. The zero-order chi connectivity index (χ0) is 21.2. The van der Waals surface area contributed by atoms with Crippen molar-refractivity contribution in [2.75, 3.05) is 33.0 Å². The number of morpholine rings is 1. The van der Waals surface area contributed by atoms with Crippen molar-refractivity contribution in [3.8, 4) is 11.5 Å². The number of carboxylic acid groups (broad SMARTS) is 1. The maximum atomic E-state index is 11.9. The molecule has 3 aliphatic heterocycles. The van der Waals surface area contributed by atoms with Crippen LogP contribution in [0.3, 0.4) is 0 Å². The molecule has 2 atom stereocenters. The Morgan fingerprint density at radius 1 is 1.24 bits per heavy atom. The first-order valence-corrected chi connectivity index (χ1v) is 9.01. The summed E-state index contributed by atoms with van der Waals surface area (Å²) in [5, 5.41) is 7.12. The van der Waals surface area contributed by atoms with E-state index in [1.807, 2.05) is 24.0 Å². The molecule has 2 fully saturated rings. The normalized spacial score (nSPS) is 23.4. The SMILES string of the molecule is CCN1C(=O)COC2CN(Cc3ccc4c(c3)OCO4)CC21.O=C(O)C(F)(F)F. The van der Waals surface area contributed by atoms with Crippen LogP contribution in [0.5, 0.6) is 11.5 Å². The highest BCUT2D eigenvalue weighted by Crippen LogP contribution is 2.33. The summed E-state index contributed by atoms with van der Waals surface area (Å²) in [6.45, 7) is 5.85. The zero-order valence-electron chi connectivity index (χ0n) is 15.6. The van der Waals surface area contributed by atoms with Gasteiger partial charge in [-0.05, 0) is 24.6 Å². The Morgan fingerprint density at radius 3 is 2.59 bits per heavy atom. The van der Waals surface area contributed by atoms with Crippen molar-refractivity contribution >= 4 is 11.9 Å². The van der Waals surface area contributed by atoms with E-state index in [0.717, 1.165) is 37.7 Å². The average molecular weight is 418 g/mol. The number of likely N-dealkylation sites (tertiary alicyclic amines) is 1. The Morgan fingerprint density at radius 2 is 1.93 bits per heavy atom. The Kier molecular flexibility index (Phi) is 6.18. The van der Waals surface area contributed by atoms with Crippen LogP contribution in [-0.2, 0) is 20.9 Å². The first kappa shape index (κ1) is 21.2. The maximum absolute atomic E-state index is 11.9. The second-order valence-corrected chi connectivity index (χ2v) is 6.78. The summed E-state index contributed by atoms with van der Waals surface area (Å²) in [4.78, 5) is 25.1. The van der Waals surface area contributed by atoms with Crippen molar-refractivity contribution in [3.05, 3.63) is 23.8 Å². The van der Waals surface area contributed by atoms with Gasteiger partial charge in [0.15, 0.2) is 11.5 Å². The summed E-state index contributed by atoms with van der Waals surface area (Å²) >= 11 is 0. The van der Waals surface area contributed by atoms with Crippen LogP contribution in [0.4, 0.5) is 13.2 Å². The third kappa shape index (κ3) is 4.91. The van der Waals surface area contributed by atoms with Gasteiger partial charge in [0.05, 0.1) is 12.1 Å². The molecule has 0 aliphatic carbocycles. The van der Waals surface area contributed by atoms with Crippen molar-refractivity contribution in [3.63, 3.8) is 0 Å². The Bertz CT molecular complexity index is 772. The molecule has 2 saturated heterocycles. The van der Waals surface area contributed by atoms with Gasteiger partial charge in [0.25, 0.3) is 0 Å². The van der Waals surface area contributed by atoms with Gasteiger partial charge in [-0.3, -0.25) is 9.69 Å². The monoisotopic (exact) mass is 418 g/mol. The molecule has 160 valence electrons. The number of alkyl halides is 3. The van der Waals surface area contributed by atoms with Crippen molar-refractivity contribution in [1.82, 2.24) is 9.80 Å². The van der Waals surface area contributed by atoms with Crippen molar-refractivity contribution in [2.24, 2.45) is 0 Å². The van der Waals surface area contributed by atoms with Crippen LogP contribution in [-0.4, -0.2) is 78.1 Å². The number of aliphatic carboxylic acids is 1. The zero-order valence-corrected chi connectivity index (χ0v) is 15.6. The van der Waals surface area contributed by atoms with E-state index in [9.17, 15) is 18.0 Å². The van der Waals surface area contributed by atoms with Gasteiger partial charge in [-0.1, -0.05) is 6.07 Å². The molecule has 1 aromatic carbocycles. The first-order chi connectivity index (χ1) is 13.7. The largest absolute Gasteiger partial charge is 0.490 e. The summed E-state index contributed by atoms with van der Waals surface area (Å²) < 4.78 is 48.2. The van der Waals surface area contributed by atoms with E-state index in [4.69, 9.17) is 24.1 Å². The van der Waals surface area contributed by atoms with Crippen LogP contribution in [0.25, 0.3) is 0 Å².